The highest BCUT2D eigenvalue weighted by Crippen LogP contribution is 2.28. The molecule has 0 spiro atoms. The van der Waals surface area contributed by atoms with Gasteiger partial charge in [0, 0.05) is 24.9 Å². The maximum atomic E-state index is 12.7. The van der Waals surface area contributed by atoms with Crippen molar-refractivity contribution in [1.29, 1.82) is 0 Å². The first-order valence-electron chi connectivity index (χ1n) is 6.50. The Morgan fingerprint density at radius 3 is 3.05 bits per heavy atom. The van der Waals surface area contributed by atoms with Crippen LogP contribution in [-0.2, 0) is 4.74 Å². The Hall–Kier alpha value is -1.93. The molecule has 1 amide bonds. The van der Waals surface area contributed by atoms with E-state index in [4.69, 9.17) is 13.9 Å². The van der Waals surface area contributed by atoms with Crippen LogP contribution in [-0.4, -0.2) is 47.9 Å². The Balaban J connectivity index is 1.85. The van der Waals surface area contributed by atoms with Crippen molar-refractivity contribution in [2.45, 2.75) is 13.0 Å². The summed E-state index contributed by atoms with van der Waals surface area (Å²) in [6.07, 6.45) is 0. The number of ether oxygens (including phenoxy) is 2. The molecule has 0 radical (unpaired) electrons. The van der Waals surface area contributed by atoms with Crippen molar-refractivity contribution in [2.24, 2.45) is 0 Å². The predicted molar refractivity (Wildman–Crippen MR) is 74.5 cm³/mol. The van der Waals surface area contributed by atoms with Crippen molar-refractivity contribution < 1.29 is 18.7 Å². The number of methoxy groups -OCH3 is 1. The molecular weight excluding hydrogens is 294 g/mol. The number of aromatic nitrogens is 2. The Bertz CT molecular complexity index is 639. The number of hydrogen-bond acceptors (Lipinski definition) is 7. The number of carbonyl (C=O) groups excluding carboxylic acids is 1. The van der Waals surface area contributed by atoms with E-state index in [9.17, 15) is 4.79 Å². The van der Waals surface area contributed by atoms with Crippen LogP contribution in [0.3, 0.4) is 0 Å². The summed E-state index contributed by atoms with van der Waals surface area (Å²) < 4.78 is 16.0. The topological polar surface area (TPSA) is 77.7 Å². The van der Waals surface area contributed by atoms with Gasteiger partial charge in [-0.3, -0.25) is 4.79 Å². The van der Waals surface area contributed by atoms with E-state index in [1.807, 2.05) is 0 Å². The minimum Gasteiger partial charge on any atom is -0.496 e. The molecule has 0 bridgehead atoms. The Morgan fingerprint density at radius 1 is 1.52 bits per heavy atom. The molecule has 1 aliphatic rings. The number of rotatable bonds is 3. The Labute approximate surface area is 125 Å². The van der Waals surface area contributed by atoms with Crippen molar-refractivity contribution in [3.8, 4) is 5.75 Å². The van der Waals surface area contributed by atoms with E-state index < -0.39 is 0 Å². The second kappa shape index (κ2) is 5.82. The number of aryl methyl sites for hydroxylation is 1. The summed E-state index contributed by atoms with van der Waals surface area (Å²) in [5.41, 5.74) is 0. The average Bonchev–Trinajstić information content (AvgIpc) is 3.15. The third-order valence-electron chi connectivity index (χ3n) is 3.24. The first-order valence-corrected chi connectivity index (χ1v) is 7.38. The molecule has 3 rings (SSSR count). The molecule has 1 aliphatic heterocycles. The van der Waals surface area contributed by atoms with Crippen molar-refractivity contribution in [3.05, 3.63) is 28.1 Å². The van der Waals surface area contributed by atoms with Gasteiger partial charge in [0.2, 0.25) is 11.8 Å². The van der Waals surface area contributed by atoms with Crippen molar-refractivity contribution in [1.82, 2.24) is 15.1 Å². The quantitative estimate of drug-likeness (QED) is 0.858. The molecular formula is C13H15N3O4S. The lowest BCUT2D eigenvalue weighted by Gasteiger charge is -2.33. The fourth-order valence-corrected chi connectivity index (χ4v) is 2.99. The van der Waals surface area contributed by atoms with Gasteiger partial charge < -0.3 is 18.8 Å². The van der Waals surface area contributed by atoms with E-state index in [-0.39, 0.29) is 11.9 Å². The van der Waals surface area contributed by atoms with Crippen LogP contribution >= 0.6 is 11.3 Å². The fourth-order valence-electron chi connectivity index (χ4n) is 2.18. The maximum absolute atomic E-state index is 12.7. The zero-order valence-corrected chi connectivity index (χ0v) is 12.6. The van der Waals surface area contributed by atoms with Crippen molar-refractivity contribution in [3.63, 3.8) is 0 Å². The monoisotopic (exact) mass is 309 g/mol. The van der Waals surface area contributed by atoms with E-state index in [0.29, 0.717) is 42.2 Å². The van der Waals surface area contributed by atoms with Gasteiger partial charge in [-0.05, 0) is 0 Å². The number of hydrogen-bond donors (Lipinski definition) is 0. The van der Waals surface area contributed by atoms with E-state index in [1.54, 1.807) is 30.4 Å². The summed E-state index contributed by atoms with van der Waals surface area (Å²) in [6.45, 7) is 3.06. The minimum absolute atomic E-state index is 0.0764. The number of carbonyl (C=O) groups is 1. The zero-order chi connectivity index (χ0) is 14.8. The summed E-state index contributed by atoms with van der Waals surface area (Å²) in [7, 11) is 1.58. The summed E-state index contributed by atoms with van der Waals surface area (Å²) in [6, 6.07) is 1.39. The van der Waals surface area contributed by atoms with Gasteiger partial charge >= 0.3 is 0 Å². The van der Waals surface area contributed by atoms with E-state index in [0.717, 1.165) is 0 Å². The Kier molecular flexibility index (Phi) is 3.89. The molecule has 21 heavy (non-hydrogen) atoms. The Morgan fingerprint density at radius 2 is 2.38 bits per heavy atom. The van der Waals surface area contributed by atoms with Crippen LogP contribution < -0.4 is 4.74 Å². The van der Waals surface area contributed by atoms with E-state index >= 15 is 0 Å². The SMILES string of the molecule is COc1csc(C(=O)N2CCOCC2c2nnc(C)o2)c1. The van der Waals surface area contributed by atoms with E-state index in [2.05, 4.69) is 10.2 Å². The molecule has 3 heterocycles. The van der Waals surface area contributed by atoms with Gasteiger partial charge in [0.15, 0.2) is 0 Å². The van der Waals surface area contributed by atoms with Crippen LogP contribution in [0.4, 0.5) is 0 Å². The van der Waals surface area contributed by atoms with Crippen LogP contribution in [0.5, 0.6) is 5.75 Å². The van der Waals surface area contributed by atoms with Gasteiger partial charge in [-0.1, -0.05) is 0 Å². The summed E-state index contributed by atoms with van der Waals surface area (Å²) in [4.78, 5) is 15.0. The molecule has 2 aromatic rings. The summed E-state index contributed by atoms with van der Waals surface area (Å²) in [5.74, 6) is 1.49. The highest BCUT2D eigenvalue weighted by molar-refractivity contribution is 7.12. The molecule has 1 fully saturated rings. The fraction of sp³-hybridized carbons (Fsp3) is 0.462. The van der Waals surface area contributed by atoms with Gasteiger partial charge in [-0.15, -0.1) is 21.5 Å². The molecule has 2 aromatic heterocycles. The first kappa shape index (κ1) is 14.0. The highest BCUT2D eigenvalue weighted by atomic mass is 32.1. The summed E-state index contributed by atoms with van der Waals surface area (Å²) in [5, 5.41) is 9.63. The second-order valence-corrected chi connectivity index (χ2v) is 5.51. The van der Waals surface area contributed by atoms with Crippen LogP contribution in [0.2, 0.25) is 0 Å². The zero-order valence-electron chi connectivity index (χ0n) is 11.7. The largest absolute Gasteiger partial charge is 0.496 e. The van der Waals surface area contributed by atoms with Crippen LogP contribution in [0.1, 0.15) is 27.5 Å². The molecule has 0 aromatic carbocycles. The lowest BCUT2D eigenvalue weighted by atomic mass is 10.2. The maximum Gasteiger partial charge on any atom is 0.264 e. The highest BCUT2D eigenvalue weighted by Gasteiger charge is 2.33. The molecule has 0 aliphatic carbocycles. The van der Waals surface area contributed by atoms with Crippen LogP contribution in [0.25, 0.3) is 0 Å². The number of morpholine rings is 1. The third-order valence-corrected chi connectivity index (χ3v) is 4.13. The molecule has 1 unspecified atom stereocenters. The number of nitrogens with zero attached hydrogens (tertiary/aromatic N) is 3. The molecule has 8 heteroatoms. The minimum atomic E-state index is -0.347. The average molecular weight is 309 g/mol. The van der Waals surface area contributed by atoms with Gasteiger partial charge in [-0.25, -0.2) is 0 Å². The van der Waals surface area contributed by atoms with Gasteiger partial charge in [0.1, 0.15) is 11.8 Å². The van der Waals surface area contributed by atoms with Gasteiger partial charge in [-0.2, -0.15) is 0 Å². The van der Waals surface area contributed by atoms with Crippen LogP contribution in [0, 0.1) is 6.92 Å². The molecule has 1 atom stereocenters. The molecule has 0 saturated carbocycles. The number of thiophene rings is 1. The number of amides is 1. The predicted octanol–water partition coefficient (Wildman–Crippen LogP) is 1.66. The molecule has 7 nitrogen and oxygen atoms in total. The lowest BCUT2D eigenvalue weighted by molar-refractivity contribution is -0.0104. The standard InChI is InChI=1S/C13H15N3O4S/c1-8-14-15-12(20-8)10-6-19-4-3-16(10)13(17)11-5-9(18-2)7-21-11/h5,7,10H,3-4,6H2,1-2H3. The smallest absolute Gasteiger partial charge is 0.264 e. The van der Waals surface area contributed by atoms with Crippen LogP contribution in [0.15, 0.2) is 15.9 Å². The molecule has 1 saturated heterocycles. The summed E-state index contributed by atoms with van der Waals surface area (Å²) >= 11 is 1.35. The van der Waals surface area contributed by atoms with Gasteiger partial charge in [0.25, 0.3) is 5.91 Å². The lowest BCUT2D eigenvalue weighted by Crippen LogP contribution is -2.43. The third kappa shape index (κ3) is 2.77. The second-order valence-electron chi connectivity index (χ2n) is 4.60. The first-order chi connectivity index (χ1) is 10.2. The normalized spacial score (nSPS) is 18.8. The molecule has 0 N–H and O–H groups in total. The van der Waals surface area contributed by atoms with Gasteiger partial charge in [0.05, 0.1) is 25.2 Å². The molecule has 112 valence electrons. The van der Waals surface area contributed by atoms with Crippen molar-refractivity contribution in [2.75, 3.05) is 26.9 Å². The van der Waals surface area contributed by atoms with Crippen molar-refractivity contribution >= 4 is 17.2 Å². The van der Waals surface area contributed by atoms with E-state index in [1.165, 1.54) is 11.3 Å².